The van der Waals surface area contributed by atoms with E-state index >= 15 is 0 Å². The molecule has 2 aromatic rings. The van der Waals surface area contributed by atoms with Gasteiger partial charge in [-0.2, -0.15) is 5.26 Å². The van der Waals surface area contributed by atoms with Crippen molar-refractivity contribution in [1.82, 2.24) is 0 Å². The second-order valence-corrected chi connectivity index (χ2v) is 6.32. The Balaban J connectivity index is 1.99. The van der Waals surface area contributed by atoms with Gasteiger partial charge in [0.15, 0.2) is 11.5 Å². The van der Waals surface area contributed by atoms with Crippen molar-refractivity contribution in [2.45, 2.75) is 11.5 Å². The number of halogens is 3. The lowest BCUT2D eigenvalue weighted by molar-refractivity contribution is -0.286. The van der Waals surface area contributed by atoms with E-state index in [1.165, 1.54) is 12.1 Å². The molecule has 1 heterocycles. The zero-order valence-corrected chi connectivity index (χ0v) is 13.3. The molecule has 7 heteroatoms. The lowest BCUT2D eigenvalue weighted by Gasteiger charge is -2.14. The van der Waals surface area contributed by atoms with Gasteiger partial charge in [0.25, 0.3) is 0 Å². The summed E-state index contributed by atoms with van der Waals surface area (Å²) in [7, 11) is 0. The Morgan fingerprint density at radius 1 is 1.09 bits per heavy atom. The lowest BCUT2D eigenvalue weighted by Crippen LogP contribution is -2.25. The van der Waals surface area contributed by atoms with Gasteiger partial charge in [-0.1, -0.05) is 34.1 Å². The van der Waals surface area contributed by atoms with Gasteiger partial charge in [-0.3, -0.25) is 0 Å². The Morgan fingerprint density at radius 2 is 1.82 bits per heavy atom. The molecule has 1 unspecified atom stereocenters. The summed E-state index contributed by atoms with van der Waals surface area (Å²) in [4.78, 5) is 0. The summed E-state index contributed by atoms with van der Waals surface area (Å²) in [6, 6.07) is 12.0. The molecule has 0 N–H and O–H groups in total. The van der Waals surface area contributed by atoms with Crippen LogP contribution in [0.2, 0.25) is 0 Å². The minimum atomic E-state index is -3.64. The standard InChI is InChI=1S/C15H8BrF2NO2S/c16-11-3-1-2-9(6-11)14(22-8-19)10-4-5-12-13(7-10)21-15(17,18)20-12/h1-7,14H. The molecule has 0 spiro atoms. The van der Waals surface area contributed by atoms with Gasteiger partial charge >= 0.3 is 6.29 Å². The highest BCUT2D eigenvalue weighted by Crippen LogP contribution is 2.45. The quantitative estimate of drug-likeness (QED) is 0.693. The number of thioether (sulfide) groups is 1. The predicted molar refractivity (Wildman–Crippen MR) is 81.8 cm³/mol. The van der Waals surface area contributed by atoms with Crippen LogP contribution in [0.15, 0.2) is 46.9 Å². The highest BCUT2D eigenvalue weighted by atomic mass is 79.9. The van der Waals surface area contributed by atoms with Gasteiger partial charge in [-0.15, -0.1) is 8.78 Å². The van der Waals surface area contributed by atoms with E-state index in [1.807, 2.05) is 29.7 Å². The number of benzene rings is 2. The molecule has 0 saturated carbocycles. The molecule has 0 aromatic heterocycles. The van der Waals surface area contributed by atoms with Crippen LogP contribution in [0, 0.1) is 10.7 Å². The van der Waals surface area contributed by atoms with Crippen molar-refractivity contribution >= 4 is 27.7 Å². The van der Waals surface area contributed by atoms with E-state index < -0.39 is 6.29 Å². The molecular formula is C15H8BrF2NO2S. The average molecular weight is 384 g/mol. The molecule has 2 aromatic carbocycles. The van der Waals surface area contributed by atoms with Crippen LogP contribution in [0.4, 0.5) is 8.78 Å². The number of rotatable bonds is 3. The van der Waals surface area contributed by atoms with Crippen molar-refractivity contribution in [3.8, 4) is 16.9 Å². The monoisotopic (exact) mass is 383 g/mol. The van der Waals surface area contributed by atoms with Crippen LogP contribution in [0.5, 0.6) is 11.5 Å². The van der Waals surface area contributed by atoms with Crippen LogP contribution >= 0.6 is 27.7 Å². The SMILES string of the molecule is N#CSC(c1cccc(Br)c1)c1ccc2c(c1)OC(F)(F)O2. The van der Waals surface area contributed by atoms with Crippen LogP contribution in [0.3, 0.4) is 0 Å². The molecule has 1 atom stereocenters. The van der Waals surface area contributed by atoms with Crippen molar-refractivity contribution in [3.63, 3.8) is 0 Å². The van der Waals surface area contributed by atoms with Crippen molar-refractivity contribution in [3.05, 3.63) is 58.1 Å². The first kappa shape index (κ1) is 15.1. The minimum Gasteiger partial charge on any atom is -0.395 e. The Kier molecular flexibility index (Phi) is 3.98. The summed E-state index contributed by atoms with van der Waals surface area (Å²) in [5.74, 6) is -0.0373. The molecule has 0 saturated heterocycles. The lowest BCUT2D eigenvalue weighted by atomic mass is 10.0. The molecule has 22 heavy (non-hydrogen) atoms. The first-order valence-electron chi connectivity index (χ1n) is 6.18. The van der Waals surface area contributed by atoms with Crippen molar-refractivity contribution in [1.29, 1.82) is 5.26 Å². The summed E-state index contributed by atoms with van der Waals surface area (Å²) in [5.41, 5.74) is 1.57. The van der Waals surface area contributed by atoms with Crippen molar-refractivity contribution < 1.29 is 18.3 Å². The third-order valence-corrected chi connectivity index (χ3v) is 4.43. The highest BCUT2D eigenvalue weighted by Gasteiger charge is 2.43. The summed E-state index contributed by atoms with van der Waals surface area (Å²) >= 11 is 4.42. The van der Waals surface area contributed by atoms with Gasteiger partial charge in [0.1, 0.15) is 5.40 Å². The van der Waals surface area contributed by atoms with E-state index in [2.05, 4.69) is 25.4 Å². The zero-order valence-electron chi connectivity index (χ0n) is 10.9. The number of nitriles is 1. The van der Waals surface area contributed by atoms with Gasteiger partial charge < -0.3 is 9.47 Å². The molecule has 0 bridgehead atoms. The molecular weight excluding hydrogens is 376 g/mol. The first-order valence-corrected chi connectivity index (χ1v) is 7.86. The largest absolute Gasteiger partial charge is 0.586 e. The van der Waals surface area contributed by atoms with Crippen LogP contribution in [-0.2, 0) is 0 Å². The van der Waals surface area contributed by atoms with Gasteiger partial charge in [0, 0.05) is 4.47 Å². The summed E-state index contributed by atoms with van der Waals surface area (Å²) < 4.78 is 35.9. The van der Waals surface area contributed by atoms with Gasteiger partial charge in [-0.05, 0) is 47.2 Å². The number of hydrogen-bond acceptors (Lipinski definition) is 4. The van der Waals surface area contributed by atoms with E-state index in [9.17, 15) is 8.78 Å². The normalized spacial score (nSPS) is 16.1. The molecule has 3 nitrogen and oxygen atoms in total. The topological polar surface area (TPSA) is 42.2 Å². The summed E-state index contributed by atoms with van der Waals surface area (Å²) in [5, 5.41) is 10.8. The fourth-order valence-corrected chi connectivity index (χ4v) is 3.27. The second-order valence-electron chi connectivity index (χ2n) is 4.52. The Morgan fingerprint density at radius 3 is 2.55 bits per heavy atom. The molecule has 3 rings (SSSR count). The third-order valence-electron chi connectivity index (χ3n) is 3.05. The maximum absolute atomic E-state index is 13.1. The highest BCUT2D eigenvalue weighted by molar-refractivity contribution is 9.10. The van der Waals surface area contributed by atoms with Crippen LogP contribution < -0.4 is 9.47 Å². The zero-order chi connectivity index (χ0) is 15.7. The fourth-order valence-electron chi connectivity index (χ4n) is 2.18. The smallest absolute Gasteiger partial charge is 0.395 e. The third kappa shape index (κ3) is 3.03. The molecule has 1 aliphatic heterocycles. The molecule has 0 fully saturated rings. The van der Waals surface area contributed by atoms with Crippen molar-refractivity contribution in [2.75, 3.05) is 0 Å². The molecule has 112 valence electrons. The van der Waals surface area contributed by atoms with Crippen molar-refractivity contribution in [2.24, 2.45) is 0 Å². The fraction of sp³-hybridized carbons (Fsp3) is 0.133. The Hall–Kier alpha value is -1.78. The average Bonchev–Trinajstić information content (AvgIpc) is 2.77. The van der Waals surface area contributed by atoms with Gasteiger partial charge in [0.2, 0.25) is 0 Å². The van der Waals surface area contributed by atoms with E-state index in [1.54, 1.807) is 6.07 Å². The number of nitrogens with zero attached hydrogens (tertiary/aromatic N) is 1. The van der Waals surface area contributed by atoms with E-state index in [0.29, 0.717) is 5.56 Å². The molecule has 0 aliphatic carbocycles. The van der Waals surface area contributed by atoms with Crippen LogP contribution in [0.25, 0.3) is 0 Å². The first-order chi connectivity index (χ1) is 10.5. The van der Waals surface area contributed by atoms with Gasteiger partial charge in [0.05, 0.1) is 5.25 Å². The number of ether oxygens (including phenoxy) is 2. The van der Waals surface area contributed by atoms with E-state index in [0.717, 1.165) is 21.8 Å². The maximum atomic E-state index is 13.1. The summed E-state index contributed by atoms with van der Waals surface area (Å²) in [6.45, 7) is 0. The predicted octanol–water partition coefficient (Wildman–Crippen LogP) is 5.07. The van der Waals surface area contributed by atoms with E-state index in [4.69, 9.17) is 5.26 Å². The van der Waals surface area contributed by atoms with Gasteiger partial charge in [-0.25, -0.2) is 0 Å². The number of hydrogen-bond donors (Lipinski definition) is 0. The number of fused-ring (bicyclic) bond motifs is 1. The number of alkyl halides is 2. The molecule has 1 aliphatic rings. The maximum Gasteiger partial charge on any atom is 0.586 e. The van der Waals surface area contributed by atoms with Crippen LogP contribution in [-0.4, -0.2) is 6.29 Å². The molecule has 0 radical (unpaired) electrons. The number of thiocyanates is 1. The van der Waals surface area contributed by atoms with Crippen LogP contribution in [0.1, 0.15) is 16.4 Å². The molecule has 0 amide bonds. The van der Waals surface area contributed by atoms with E-state index in [-0.39, 0.29) is 16.7 Å². The Bertz CT molecular complexity index is 763. The summed E-state index contributed by atoms with van der Waals surface area (Å²) in [6.07, 6.45) is -3.64. The Labute approximate surface area is 138 Å². The second kappa shape index (κ2) is 5.78. The minimum absolute atomic E-state index is 0.0105.